The number of hydrogen-bond donors (Lipinski definition) is 3. The molecule has 144 valence electrons. The van der Waals surface area contributed by atoms with Crippen LogP contribution in [0.3, 0.4) is 0 Å². The summed E-state index contributed by atoms with van der Waals surface area (Å²) >= 11 is 1.65. The third kappa shape index (κ3) is 2.66. The zero-order valence-corrected chi connectivity index (χ0v) is 16.3. The Labute approximate surface area is 174 Å². The fourth-order valence-corrected chi connectivity index (χ4v) is 4.30. The summed E-state index contributed by atoms with van der Waals surface area (Å²) in [5, 5.41) is 23.5. The van der Waals surface area contributed by atoms with Gasteiger partial charge in [-0.2, -0.15) is 16.4 Å². The van der Waals surface area contributed by atoms with E-state index >= 15 is 0 Å². The van der Waals surface area contributed by atoms with Gasteiger partial charge in [-0.05, 0) is 35.7 Å². The Balaban J connectivity index is 1.52. The van der Waals surface area contributed by atoms with Gasteiger partial charge in [-0.3, -0.25) is 20.1 Å². The van der Waals surface area contributed by atoms with Crippen molar-refractivity contribution in [3.63, 3.8) is 0 Å². The topological polar surface area (TPSA) is 103 Å². The predicted molar refractivity (Wildman–Crippen MR) is 117 cm³/mol. The number of thiophene rings is 1. The first kappa shape index (κ1) is 16.9. The van der Waals surface area contributed by atoms with E-state index in [0.29, 0.717) is 5.69 Å². The lowest BCUT2D eigenvalue weighted by atomic mass is 10.1. The number of aromatic amines is 2. The minimum Gasteiger partial charge on any atom is -0.506 e. The molecule has 0 aromatic carbocycles. The molecule has 0 spiro atoms. The Morgan fingerprint density at radius 2 is 1.80 bits per heavy atom. The molecule has 0 saturated carbocycles. The van der Waals surface area contributed by atoms with Crippen LogP contribution in [0.2, 0.25) is 0 Å². The van der Waals surface area contributed by atoms with Gasteiger partial charge in [-0.25, -0.2) is 0 Å². The molecular weight excluding hydrogens is 396 g/mol. The second kappa shape index (κ2) is 6.50. The van der Waals surface area contributed by atoms with Crippen LogP contribution < -0.4 is 0 Å². The zero-order valence-electron chi connectivity index (χ0n) is 15.5. The van der Waals surface area contributed by atoms with Crippen LogP contribution >= 0.6 is 11.3 Å². The summed E-state index contributed by atoms with van der Waals surface area (Å²) in [6, 6.07) is 9.72. The zero-order chi connectivity index (χ0) is 20.1. The maximum absolute atomic E-state index is 9.75. The molecule has 8 heteroatoms. The average molecular weight is 410 g/mol. The third-order valence-corrected chi connectivity index (χ3v) is 5.75. The van der Waals surface area contributed by atoms with Gasteiger partial charge in [0.05, 0.1) is 35.0 Å². The third-order valence-electron chi connectivity index (χ3n) is 5.06. The molecule has 0 amide bonds. The van der Waals surface area contributed by atoms with Gasteiger partial charge in [-0.1, -0.05) is 0 Å². The monoisotopic (exact) mass is 410 g/mol. The molecule has 6 aromatic rings. The van der Waals surface area contributed by atoms with Gasteiger partial charge in [-0.15, -0.1) is 0 Å². The van der Waals surface area contributed by atoms with Crippen LogP contribution in [0, 0.1) is 0 Å². The molecule has 6 rings (SSSR count). The molecular formula is C22H14N6OS. The second-order valence-electron chi connectivity index (χ2n) is 6.93. The fraction of sp³-hybridized carbons (Fsp3) is 0. The van der Waals surface area contributed by atoms with Crippen LogP contribution in [0.15, 0.2) is 65.9 Å². The number of nitrogens with one attached hydrogen (secondary N) is 2. The molecule has 0 aliphatic heterocycles. The van der Waals surface area contributed by atoms with Gasteiger partial charge < -0.3 is 10.1 Å². The summed E-state index contributed by atoms with van der Waals surface area (Å²) in [5.74, 6) is 0.103. The van der Waals surface area contributed by atoms with E-state index in [9.17, 15) is 5.11 Å². The van der Waals surface area contributed by atoms with E-state index < -0.39 is 0 Å². The smallest absolute Gasteiger partial charge is 0.134 e. The summed E-state index contributed by atoms with van der Waals surface area (Å²) in [4.78, 5) is 16.6. The van der Waals surface area contributed by atoms with Crippen LogP contribution in [0.4, 0.5) is 0 Å². The summed E-state index contributed by atoms with van der Waals surface area (Å²) in [6.07, 6.45) is 6.63. The van der Waals surface area contributed by atoms with E-state index in [0.717, 1.165) is 50.0 Å². The van der Waals surface area contributed by atoms with E-state index in [1.807, 2.05) is 18.3 Å². The molecule has 0 atom stereocenters. The average Bonchev–Trinajstić information content (AvgIpc) is 3.51. The van der Waals surface area contributed by atoms with Crippen LogP contribution in [-0.2, 0) is 0 Å². The molecule has 0 saturated heterocycles. The Morgan fingerprint density at radius 3 is 2.67 bits per heavy atom. The molecule has 3 N–H and O–H groups in total. The minimum absolute atomic E-state index is 0.103. The van der Waals surface area contributed by atoms with Crippen molar-refractivity contribution in [3.8, 4) is 39.7 Å². The Morgan fingerprint density at radius 1 is 0.867 bits per heavy atom. The Kier molecular flexibility index (Phi) is 3.65. The summed E-state index contributed by atoms with van der Waals surface area (Å²) in [5.41, 5.74) is 7.03. The number of aromatic hydroxyl groups is 1. The van der Waals surface area contributed by atoms with Gasteiger partial charge >= 0.3 is 0 Å². The molecule has 6 aromatic heterocycles. The van der Waals surface area contributed by atoms with Crippen LogP contribution in [0.25, 0.3) is 55.7 Å². The van der Waals surface area contributed by atoms with Crippen LogP contribution in [0.1, 0.15) is 0 Å². The van der Waals surface area contributed by atoms with Gasteiger partial charge in [0.25, 0.3) is 0 Å². The predicted octanol–water partition coefficient (Wildman–Crippen LogP) is 5.00. The van der Waals surface area contributed by atoms with Crippen molar-refractivity contribution in [3.05, 3.63) is 65.9 Å². The SMILES string of the molecule is Oc1cncc(-c2cc3c(-c4cc5c(-c6ccsc6)nccc5[nH]4)n[nH]c3cn2)c1. The van der Waals surface area contributed by atoms with E-state index in [4.69, 9.17) is 0 Å². The van der Waals surface area contributed by atoms with Gasteiger partial charge in [0.1, 0.15) is 11.4 Å². The number of nitrogens with zero attached hydrogens (tertiary/aromatic N) is 4. The van der Waals surface area contributed by atoms with Crippen molar-refractivity contribution in [2.45, 2.75) is 0 Å². The summed E-state index contributed by atoms with van der Waals surface area (Å²) < 4.78 is 0. The van der Waals surface area contributed by atoms with Gasteiger partial charge in [0.15, 0.2) is 0 Å². The van der Waals surface area contributed by atoms with Crippen LogP contribution in [-0.4, -0.2) is 35.2 Å². The number of rotatable bonds is 3. The second-order valence-corrected chi connectivity index (χ2v) is 7.72. The molecule has 0 bridgehead atoms. The number of aromatic nitrogens is 6. The van der Waals surface area contributed by atoms with E-state index in [-0.39, 0.29) is 5.75 Å². The van der Waals surface area contributed by atoms with E-state index in [2.05, 4.69) is 53.0 Å². The highest BCUT2D eigenvalue weighted by molar-refractivity contribution is 7.08. The van der Waals surface area contributed by atoms with Crippen molar-refractivity contribution in [2.75, 3.05) is 0 Å². The van der Waals surface area contributed by atoms with E-state index in [1.165, 1.54) is 6.20 Å². The maximum atomic E-state index is 9.75. The number of H-pyrrole nitrogens is 2. The largest absolute Gasteiger partial charge is 0.506 e. The highest BCUT2D eigenvalue weighted by atomic mass is 32.1. The van der Waals surface area contributed by atoms with Crippen molar-refractivity contribution < 1.29 is 5.11 Å². The molecule has 0 fully saturated rings. The fourth-order valence-electron chi connectivity index (χ4n) is 3.66. The molecule has 0 radical (unpaired) electrons. The molecule has 7 nitrogen and oxygen atoms in total. The lowest BCUT2D eigenvalue weighted by Gasteiger charge is -2.01. The van der Waals surface area contributed by atoms with Gasteiger partial charge in [0.2, 0.25) is 0 Å². The Bertz CT molecular complexity index is 1520. The van der Waals surface area contributed by atoms with Gasteiger partial charge in [0, 0.05) is 45.2 Å². The highest BCUT2D eigenvalue weighted by Gasteiger charge is 2.15. The standard InChI is InChI=1S/C22H14N6OS/c29-14-5-13(8-23-9-14)18-6-16-20(10-25-18)27-28-22(16)19-7-15-17(26-19)1-3-24-21(15)12-2-4-30-11-12/h1-11,26,29H,(H,27,28). The van der Waals surface area contributed by atoms with Crippen molar-refractivity contribution in [1.29, 1.82) is 0 Å². The lowest BCUT2D eigenvalue weighted by molar-refractivity contribution is 0.473. The molecule has 0 unspecified atom stereocenters. The molecule has 0 aliphatic carbocycles. The Hall–Kier alpha value is -4.04. The first-order valence-electron chi connectivity index (χ1n) is 9.25. The summed E-state index contributed by atoms with van der Waals surface area (Å²) in [7, 11) is 0. The van der Waals surface area contributed by atoms with Crippen molar-refractivity contribution in [1.82, 2.24) is 30.1 Å². The minimum atomic E-state index is 0.103. The maximum Gasteiger partial charge on any atom is 0.134 e. The quantitative estimate of drug-likeness (QED) is 0.381. The number of hydrogen-bond acceptors (Lipinski definition) is 6. The summed E-state index contributed by atoms with van der Waals surface area (Å²) in [6.45, 7) is 0. The first-order valence-corrected chi connectivity index (χ1v) is 10.2. The number of pyridine rings is 3. The first-order chi connectivity index (χ1) is 14.8. The molecule has 30 heavy (non-hydrogen) atoms. The van der Waals surface area contributed by atoms with E-state index in [1.54, 1.807) is 29.8 Å². The molecule has 0 aliphatic rings. The molecule has 6 heterocycles. The van der Waals surface area contributed by atoms with Crippen LogP contribution in [0.5, 0.6) is 5.75 Å². The van der Waals surface area contributed by atoms with Crippen molar-refractivity contribution >= 4 is 33.1 Å². The van der Waals surface area contributed by atoms with Crippen molar-refractivity contribution in [2.24, 2.45) is 0 Å². The lowest BCUT2D eigenvalue weighted by Crippen LogP contribution is -1.85. The number of fused-ring (bicyclic) bond motifs is 2. The highest BCUT2D eigenvalue weighted by Crippen LogP contribution is 2.34. The normalized spacial score (nSPS) is 11.5.